The van der Waals surface area contributed by atoms with Gasteiger partial charge in [-0.05, 0) is 37.6 Å². The number of benzene rings is 1. The average Bonchev–Trinajstić information content (AvgIpc) is 2.32. The van der Waals surface area contributed by atoms with Crippen LogP contribution in [0.25, 0.3) is 0 Å². The molecule has 94 valence electrons. The third-order valence-electron chi connectivity index (χ3n) is 2.31. The van der Waals surface area contributed by atoms with E-state index in [1.165, 1.54) is 0 Å². The molecule has 1 aromatic carbocycles. The third-order valence-corrected chi connectivity index (χ3v) is 2.55. The largest absolute Gasteiger partial charge is 0.439 e. The van der Waals surface area contributed by atoms with Crippen LogP contribution in [0.2, 0.25) is 5.02 Å². The van der Waals surface area contributed by atoms with Gasteiger partial charge in [0.15, 0.2) is 0 Å². The zero-order valence-electron chi connectivity index (χ0n) is 10.1. The minimum atomic E-state index is 0.316. The lowest BCUT2D eigenvalue weighted by molar-refractivity contribution is 0.458. The van der Waals surface area contributed by atoms with Gasteiger partial charge in [-0.15, -0.1) is 0 Å². The summed E-state index contributed by atoms with van der Waals surface area (Å²) in [6.45, 7) is 3.75. The summed E-state index contributed by atoms with van der Waals surface area (Å²) < 4.78 is 5.68. The molecule has 1 heterocycles. The van der Waals surface area contributed by atoms with E-state index in [4.69, 9.17) is 22.2 Å². The van der Waals surface area contributed by atoms with Crippen LogP contribution in [-0.2, 0) is 0 Å². The molecule has 0 aliphatic rings. The SMILES string of the molecule is Cc1cc(Oc2ccc(Cl)cc2C)nc(NN)n1. The van der Waals surface area contributed by atoms with E-state index >= 15 is 0 Å². The summed E-state index contributed by atoms with van der Waals surface area (Å²) in [5.74, 6) is 6.73. The van der Waals surface area contributed by atoms with Crippen LogP contribution in [-0.4, -0.2) is 9.97 Å². The van der Waals surface area contributed by atoms with Crippen molar-refractivity contribution in [2.24, 2.45) is 5.84 Å². The normalized spacial score (nSPS) is 10.2. The van der Waals surface area contributed by atoms with Gasteiger partial charge in [-0.3, -0.25) is 5.43 Å². The maximum Gasteiger partial charge on any atom is 0.240 e. The predicted molar refractivity (Wildman–Crippen MR) is 70.8 cm³/mol. The highest BCUT2D eigenvalue weighted by Gasteiger charge is 2.06. The van der Waals surface area contributed by atoms with Crippen molar-refractivity contribution in [3.05, 3.63) is 40.5 Å². The molecule has 3 N–H and O–H groups in total. The van der Waals surface area contributed by atoms with Gasteiger partial charge in [-0.2, -0.15) is 4.98 Å². The first-order valence-corrected chi connectivity index (χ1v) is 5.72. The fraction of sp³-hybridized carbons (Fsp3) is 0.167. The second-order valence-electron chi connectivity index (χ2n) is 3.83. The molecule has 0 amide bonds. The lowest BCUT2D eigenvalue weighted by atomic mass is 10.2. The molecule has 0 bridgehead atoms. The number of nitrogens with one attached hydrogen (secondary N) is 1. The van der Waals surface area contributed by atoms with Crippen molar-refractivity contribution in [3.8, 4) is 11.6 Å². The van der Waals surface area contributed by atoms with Crippen LogP contribution in [0, 0.1) is 13.8 Å². The number of anilines is 1. The van der Waals surface area contributed by atoms with Crippen molar-refractivity contribution in [2.75, 3.05) is 5.43 Å². The van der Waals surface area contributed by atoms with E-state index in [0.717, 1.165) is 11.3 Å². The Hall–Kier alpha value is -1.85. The first kappa shape index (κ1) is 12.6. The van der Waals surface area contributed by atoms with Gasteiger partial charge in [0.1, 0.15) is 5.75 Å². The van der Waals surface area contributed by atoms with E-state index in [9.17, 15) is 0 Å². The highest BCUT2D eigenvalue weighted by Crippen LogP contribution is 2.26. The van der Waals surface area contributed by atoms with E-state index in [1.54, 1.807) is 18.2 Å². The van der Waals surface area contributed by atoms with Gasteiger partial charge in [0.2, 0.25) is 11.8 Å². The molecule has 0 saturated heterocycles. The molecule has 1 aromatic heterocycles. The summed E-state index contributed by atoms with van der Waals surface area (Å²) in [5, 5.41) is 0.669. The second kappa shape index (κ2) is 5.20. The number of hydrogen-bond acceptors (Lipinski definition) is 5. The Morgan fingerprint density at radius 3 is 2.67 bits per heavy atom. The quantitative estimate of drug-likeness (QED) is 0.659. The maximum absolute atomic E-state index is 5.89. The third kappa shape index (κ3) is 2.88. The van der Waals surface area contributed by atoms with E-state index in [0.29, 0.717) is 22.6 Å². The second-order valence-corrected chi connectivity index (χ2v) is 4.26. The molecule has 0 aliphatic heterocycles. The standard InChI is InChI=1S/C12H13ClN4O/c1-7-5-9(13)3-4-10(7)18-11-6-8(2)15-12(16-11)17-14/h3-6H,14H2,1-2H3,(H,15,16,17). The average molecular weight is 265 g/mol. The number of aromatic nitrogens is 2. The number of nitrogens with two attached hydrogens (primary N) is 1. The van der Waals surface area contributed by atoms with Gasteiger partial charge in [0.25, 0.3) is 0 Å². The summed E-state index contributed by atoms with van der Waals surface area (Å²) >= 11 is 5.89. The van der Waals surface area contributed by atoms with Crippen LogP contribution in [0.1, 0.15) is 11.3 Å². The Labute approximate surface area is 110 Å². The zero-order valence-corrected chi connectivity index (χ0v) is 10.8. The van der Waals surface area contributed by atoms with Crippen molar-refractivity contribution >= 4 is 17.5 Å². The zero-order chi connectivity index (χ0) is 13.1. The van der Waals surface area contributed by atoms with Gasteiger partial charge in [0.05, 0.1) is 0 Å². The smallest absolute Gasteiger partial charge is 0.240 e. The van der Waals surface area contributed by atoms with E-state index in [2.05, 4.69) is 15.4 Å². The topological polar surface area (TPSA) is 73.1 Å². The molecule has 0 radical (unpaired) electrons. The molecule has 18 heavy (non-hydrogen) atoms. The molecule has 2 rings (SSSR count). The summed E-state index contributed by atoms with van der Waals surface area (Å²) in [6.07, 6.45) is 0. The van der Waals surface area contributed by atoms with Crippen molar-refractivity contribution < 1.29 is 4.74 Å². The van der Waals surface area contributed by atoms with Crippen LogP contribution >= 0.6 is 11.6 Å². The highest BCUT2D eigenvalue weighted by molar-refractivity contribution is 6.30. The van der Waals surface area contributed by atoms with Crippen molar-refractivity contribution in [1.82, 2.24) is 9.97 Å². The fourth-order valence-corrected chi connectivity index (χ4v) is 1.72. The molecule has 0 atom stereocenters. The molecule has 2 aromatic rings. The minimum absolute atomic E-state index is 0.316. The Morgan fingerprint density at radius 1 is 1.22 bits per heavy atom. The Balaban J connectivity index is 2.30. The fourth-order valence-electron chi connectivity index (χ4n) is 1.50. The van der Waals surface area contributed by atoms with E-state index in [-0.39, 0.29) is 0 Å². The monoisotopic (exact) mass is 264 g/mol. The van der Waals surface area contributed by atoms with Gasteiger partial charge < -0.3 is 4.74 Å². The van der Waals surface area contributed by atoms with E-state index < -0.39 is 0 Å². The minimum Gasteiger partial charge on any atom is -0.439 e. The first-order chi connectivity index (χ1) is 8.58. The molecule has 5 nitrogen and oxygen atoms in total. The Morgan fingerprint density at radius 2 is 2.00 bits per heavy atom. The van der Waals surface area contributed by atoms with Crippen LogP contribution in [0.4, 0.5) is 5.95 Å². The van der Waals surface area contributed by atoms with Gasteiger partial charge in [-0.1, -0.05) is 11.6 Å². The number of ether oxygens (including phenoxy) is 1. The van der Waals surface area contributed by atoms with Crippen molar-refractivity contribution in [1.29, 1.82) is 0 Å². The number of aryl methyl sites for hydroxylation is 2. The molecule has 0 fully saturated rings. The molecule has 0 spiro atoms. The number of nitrogen functional groups attached to an aromatic ring is 1. The molecule has 6 heteroatoms. The summed E-state index contributed by atoms with van der Waals surface area (Å²) in [6, 6.07) is 7.12. The van der Waals surface area contributed by atoms with Gasteiger partial charge in [-0.25, -0.2) is 10.8 Å². The number of rotatable bonds is 3. The lowest BCUT2D eigenvalue weighted by Crippen LogP contribution is -2.11. The van der Waals surface area contributed by atoms with E-state index in [1.807, 2.05) is 19.9 Å². The summed E-state index contributed by atoms with van der Waals surface area (Å²) in [5.41, 5.74) is 4.09. The van der Waals surface area contributed by atoms with Crippen molar-refractivity contribution in [3.63, 3.8) is 0 Å². The van der Waals surface area contributed by atoms with Gasteiger partial charge >= 0.3 is 0 Å². The molecular weight excluding hydrogens is 252 g/mol. The number of hydrazine groups is 1. The predicted octanol–water partition coefficient (Wildman–Crippen LogP) is 2.82. The molecule has 0 aliphatic carbocycles. The number of nitrogens with zero attached hydrogens (tertiary/aromatic N) is 2. The maximum atomic E-state index is 5.89. The van der Waals surface area contributed by atoms with Crippen LogP contribution in [0.5, 0.6) is 11.6 Å². The highest BCUT2D eigenvalue weighted by atomic mass is 35.5. The first-order valence-electron chi connectivity index (χ1n) is 5.35. The van der Waals surface area contributed by atoms with Crippen LogP contribution in [0.15, 0.2) is 24.3 Å². The summed E-state index contributed by atoms with van der Waals surface area (Å²) in [4.78, 5) is 8.19. The Bertz CT molecular complexity index is 574. The number of halogens is 1. The van der Waals surface area contributed by atoms with Crippen LogP contribution < -0.4 is 16.0 Å². The van der Waals surface area contributed by atoms with Gasteiger partial charge in [0, 0.05) is 16.8 Å². The summed E-state index contributed by atoms with van der Waals surface area (Å²) in [7, 11) is 0. The Kier molecular flexibility index (Phi) is 3.64. The molecule has 0 unspecified atom stereocenters. The van der Waals surface area contributed by atoms with Crippen molar-refractivity contribution in [2.45, 2.75) is 13.8 Å². The molecular formula is C12H13ClN4O. The number of hydrogen-bond donors (Lipinski definition) is 2. The van der Waals surface area contributed by atoms with Crippen LogP contribution in [0.3, 0.4) is 0 Å². The lowest BCUT2D eigenvalue weighted by Gasteiger charge is -2.09. The molecule has 0 saturated carbocycles.